The first kappa shape index (κ1) is 24.2. The largest absolute Gasteiger partial charge is 0.393 e. The van der Waals surface area contributed by atoms with E-state index in [0.29, 0.717) is 0 Å². The van der Waals surface area contributed by atoms with Crippen molar-refractivity contribution in [3.05, 3.63) is 0 Å². The second kappa shape index (κ2) is 8.15. The predicted octanol–water partition coefficient (Wildman–Crippen LogP) is 5.66. The van der Waals surface area contributed by atoms with E-state index in [1.54, 1.807) is 0 Å². The molecule has 0 aromatic rings. The van der Waals surface area contributed by atoms with Gasteiger partial charge in [0.1, 0.15) is 0 Å². The van der Waals surface area contributed by atoms with Crippen LogP contribution in [0.3, 0.4) is 0 Å². The third kappa shape index (κ3) is 9.15. The summed E-state index contributed by atoms with van der Waals surface area (Å²) in [5.41, 5.74) is 0.421. The van der Waals surface area contributed by atoms with Crippen LogP contribution in [0, 0.1) is 21.7 Å². The molecule has 0 heterocycles. The lowest BCUT2D eigenvalue weighted by Crippen LogP contribution is -2.40. The molecule has 0 bridgehead atoms. The molecule has 0 saturated heterocycles. The van der Waals surface area contributed by atoms with Crippen molar-refractivity contribution >= 4 is 0 Å². The minimum Gasteiger partial charge on any atom is -0.393 e. The first-order chi connectivity index (χ1) is 9.36. The molecule has 0 aromatic carbocycles. The number of hydrogen-bond acceptors (Lipinski definition) is 2. The minimum absolute atomic E-state index is 0.00174. The Bertz CT molecular complexity index is 297. The van der Waals surface area contributed by atoms with Crippen LogP contribution in [0.1, 0.15) is 95.9 Å². The molecule has 2 heteroatoms. The minimum atomic E-state index is -0.192. The lowest BCUT2D eigenvalue weighted by Gasteiger charge is -2.42. The molecular formula is C20H44O2. The van der Waals surface area contributed by atoms with Crippen molar-refractivity contribution in [2.24, 2.45) is 21.7 Å². The van der Waals surface area contributed by atoms with Gasteiger partial charge < -0.3 is 10.2 Å². The molecule has 22 heavy (non-hydrogen) atoms. The van der Waals surface area contributed by atoms with Gasteiger partial charge in [-0.05, 0) is 34.5 Å². The molecule has 0 aliphatic rings. The van der Waals surface area contributed by atoms with E-state index < -0.39 is 0 Å². The summed E-state index contributed by atoms with van der Waals surface area (Å²) in [6.07, 6.45) is 1.32. The van der Waals surface area contributed by atoms with Crippen molar-refractivity contribution in [3.63, 3.8) is 0 Å². The predicted molar refractivity (Wildman–Crippen MR) is 99.1 cm³/mol. The van der Waals surface area contributed by atoms with Gasteiger partial charge in [0.15, 0.2) is 0 Å². The monoisotopic (exact) mass is 316 g/mol. The van der Waals surface area contributed by atoms with Gasteiger partial charge in [-0.2, -0.15) is 0 Å². The van der Waals surface area contributed by atoms with Crippen LogP contribution in [0.5, 0.6) is 0 Å². The van der Waals surface area contributed by atoms with Crippen molar-refractivity contribution in [2.75, 3.05) is 0 Å². The van der Waals surface area contributed by atoms with Crippen molar-refractivity contribution < 1.29 is 10.2 Å². The Morgan fingerprint density at radius 3 is 1.14 bits per heavy atom. The fourth-order valence-electron chi connectivity index (χ4n) is 1.90. The Hall–Kier alpha value is -0.0800. The van der Waals surface area contributed by atoms with Crippen molar-refractivity contribution in [1.82, 2.24) is 0 Å². The number of aliphatic hydroxyl groups excluding tert-OH is 2. The van der Waals surface area contributed by atoms with E-state index >= 15 is 0 Å². The molecule has 2 N–H and O–H groups in total. The Morgan fingerprint density at radius 1 is 0.682 bits per heavy atom. The molecule has 2 unspecified atom stereocenters. The van der Waals surface area contributed by atoms with E-state index in [4.69, 9.17) is 0 Å². The first-order valence-corrected chi connectivity index (χ1v) is 8.72. The summed E-state index contributed by atoms with van der Waals surface area (Å²) >= 11 is 0. The highest BCUT2D eigenvalue weighted by Gasteiger charge is 2.38. The summed E-state index contributed by atoms with van der Waals surface area (Å²) in [6, 6.07) is 0. The Kier molecular flexibility index (Phi) is 8.95. The van der Waals surface area contributed by atoms with Gasteiger partial charge in [0.2, 0.25) is 0 Å². The zero-order valence-corrected chi connectivity index (χ0v) is 17.5. The Labute approximate surface area is 140 Å². The van der Waals surface area contributed by atoms with Crippen LogP contribution in [0.4, 0.5) is 0 Å². The van der Waals surface area contributed by atoms with Crippen LogP contribution in [0.15, 0.2) is 0 Å². The van der Waals surface area contributed by atoms with Crippen LogP contribution < -0.4 is 0 Å². The highest BCUT2D eigenvalue weighted by Crippen LogP contribution is 2.41. The van der Waals surface area contributed by atoms with E-state index in [1.165, 1.54) is 0 Å². The molecule has 0 amide bonds. The maximum atomic E-state index is 9.72. The molecule has 0 aliphatic carbocycles. The van der Waals surface area contributed by atoms with Gasteiger partial charge in [-0.3, -0.25) is 0 Å². The highest BCUT2D eigenvalue weighted by atomic mass is 16.3. The van der Waals surface area contributed by atoms with Gasteiger partial charge in [0, 0.05) is 0 Å². The molecule has 0 aromatic heterocycles. The SMILES string of the molecule is CC(C)(C)CC(O)C(C)(C)C.CCC(O)C(C)(C)C(C)(C)C. The molecule has 0 radical (unpaired) electrons. The third-order valence-electron chi connectivity index (χ3n) is 4.96. The topological polar surface area (TPSA) is 40.5 Å². The van der Waals surface area contributed by atoms with E-state index in [2.05, 4.69) is 76.2 Å². The molecular weight excluding hydrogens is 272 g/mol. The lowest BCUT2D eigenvalue weighted by atomic mass is 9.65. The van der Waals surface area contributed by atoms with Crippen LogP contribution >= 0.6 is 0 Å². The van der Waals surface area contributed by atoms with E-state index in [1.807, 2.05) is 6.92 Å². The lowest BCUT2D eigenvalue weighted by molar-refractivity contribution is -0.0287. The molecule has 0 rings (SSSR count). The molecule has 0 spiro atoms. The zero-order chi connectivity index (χ0) is 18.6. The second-order valence-corrected chi connectivity index (χ2v) is 10.5. The number of rotatable bonds is 3. The first-order valence-electron chi connectivity index (χ1n) is 8.72. The van der Waals surface area contributed by atoms with Crippen molar-refractivity contribution in [3.8, 4) is 0 Å². The Balaban J connectivity index is 0. The van der Waals surface area contributed by atoms with Crippen molar-refractivity contribution in [1.29, 1.82) is 0 Å². The quantitative estimate of drug-likeness (QED) is 0.705. The fourth-order valence-corrected chi connectivity index (χ4v) is 1.90. The van der Waals surface area contributed by atoms with Crippen LogP contribution in [0.2, 0.25) is 0 Å². The van der Waals surface area contributed by atoms with Gasteiger partial charge in [0.25, 0.3) is 0 Å². The summed E-state index contributed by atoms with van der Waals surface area (Å²) in [6.45, 7) is 25.5. The van der Waals surface area contributed by atoms with E-state index in [9.17, 15) is 10.2 Å². The molecule has 2 atom stereocenters. The van der Waals surface area contributed by atoms with Gasteiger partial charge in [-0.15, -0.1) is 0 Å². The molecule has 136 valence electrons. The fraction of sp³-hybridized carbons (Fsp3) is 1.00. The number of aliphatic hydroxyl groups is 2. The van der Waals surface area contributed by atoms with E-state index in [-0.39, 0.29) is 33.9 Å². The maximum Gasteiger partial charge on any atom is 0.0593 e. The summed E-state index contributed by atoms with van der Waals surface area (Å²) in [4.78, 5) is 0. The standard InChI is InChI=1S/2C10H22O/c1-9(2,3)7-8(11)10(4,5)6;1-7-8(11)10(5,6)9(2,3)4/h2*8,11H,7H2,1-6H3. The highest BCUT2D eigenvalue weighted by molar-refractivity contribution is 4.87. The van der Waals surface area contributed by atoms with Crippen LogP contribution in [-0.2, 0) is 0 Å². The van der Waals surface area contributed by atoms with Crippen LogP contribution in [-0.4, -0.2) is 22.4 Å². The van der Waals surface area contributed by atoms with E-state index in [0.717, 1.165) is 12.8 Å². The van der Waals surface area contributed by atoms with Gasteiger partial charge in [-0.25, -0.2) is 0 Å². The molecule has 2 nitrogen and oxygen atoms in total. The summed E-state index contributed by atoms with van der Waals surface area (Å²) in [5.74, 6) is 0. The molecule has 0 saturated carbocycles. The van der Waals surface area contributed by atoms with Gasteiger partial charge in [0.05, 0.1) is 12.2 Å². The van der Waals surface area contributed by atoms with Gasteiger partial charge in [-0.1, -0.05) is 83.1 Å². The van der Waals surface area contributed by atoms with Gasteiger partial charge >= 0.3 is 0 Å². The summed E-state index contributed by atoms with van der Waals surface area (Å²) in [7, 11) is 0. The smallest absolute Gasteiger partial charge is 0.0593 e. The number of hydrogen-bond donors (Lipinski definition) is 2. The Morgan fingerprint density at radius 2 is 1.05 bits per heavy atom. The maximum absolute atomic E-state index is 9.72. The summed E-state index contributed by atoms with van der Waals surface area (Å²) < 4.78 is 0. The zero-order valence-electron chi connectivity index (χ0n) is 17.5. The molecule has 0 aliphatic heterocycles. The van der Waals surface area contributed by atoms with Crippen molar-refractivity contribution in [2.45, 2.75) is 108 Å². The van der Waals surface area contributed by atoms with Crippen LogP contribution in [0.25, 0.3) is 0 Å². The average Bonchev–Trinajstić information content (AvgIpc) is 2.23. The third-order valence-corrected chi connectivity index (χ3v) is 4.96. The summed E-state index contributed by atoms with van der Waals surface area (Å²) in [5, 5.41) is 19.4. The molecule has 0 fully saturated rings. The second-order valence-electron chi connectivity index (χ2n) is 10.5. The average molecular weight is 317 g/mol. The normalized spacial score (nSPS) is 16.6.